The van der Waals surface area contributed by atoms with Gasteiger partial charge in [0.25, 0.3) is 0 Å². The van der Waals surface area contributed by atoms with Gasteiger partial charge in [0.1, 0.15) is 12.3 Å². The summed E-state index contributed by atoms with van der Waals surface area (Å²) in [6.45, 7) is 6.48. The first kappa shape index (κ1) is 22.9. The number of carbonyl (C=O) groups excluding carboxylic acids is 1. The number of hydrogen-bond donors (Lipinski definition) is 3. The van der Waals surface area contributed by atoms with E-state index < -0.39 is 6.09 Å². The van der Waals surface area contributed by atoms with Gasteiger partial charge in [0.2, 0.25) is 11.8 Å². The smallest absolute Gasteiger partial charge is 0.414 e. The highest BCUT2D eigenvalue weighted by molar-refractivity contribution is 5.97. The zero-order chi connectivity index (χ0) is 22.2. The summed E-state index contributed by atoms with van der Waals surface area (Å²) < 4.78 is 16.4. The second-order valence-corrected chi connectivity index (χ2v) is 8.22. The third kappa shape index (κ3) is 4.46. The van der Waals surface area contributed by atoms with Crippen molar-refractivity contribution < 1.29 is 19.0 Å². The van der Waals surface area contributed by atoms with E-state index in [1.807, 2.05) is 26.0 Å². The molecule has 1 fully saturated rings. The molecule has 10 heteroatoms. The number of rotatable bonds is 3. The molecule has 33 heavy (non-hydrogen) atoms. The van der Waals surface area contributed by atoms with Crippen LogP contribution in [-0.2, 0) is 4.74 Å². The highest BCUT2D eigenvalue weighted by atomic mass is 35.5. The lowest BCUT2D eigenvalue weighted by Gasteiger charge is -2.21. The molecule has 0 spiro atoms. The van der Waals surface area contributed by atoms with E-state index in [-0.39, 0.29) is 30.2 Å². The first-order valence-electron chi connectivity index (χ1n) is 10.6. The number of nitrogens with one attached hydrogen (secondary N) is 2. The molecular formula is C23H26ClN5O4. The average Bonchev–Trinajstić information content (AvgIpc) is 3.18. The van der Waals surface area contributed by atoms with Crippen LogP contribution < -0.4 is 25.8 Å². The van der Waals surface area contributed by atoms with Crippen molar-refractivity contribution >= 4 is 40.6 Å². The molecule has 0 bridgehead atoms. The van der Waals surface area contributed by atoms with Crippen LogP contribution in [0.25, 0.3) is 21.9 Å². The van der Waals surface area contributed by atoms with Gasteiger partial charge in [-0.2, -0.15) is 0 Å². The fourth-order valence-corrected chi connectivity index (χ4v) is 4.11. The van der Waals surface area contributed by atoms with E-state index in [0.29, 0.717) is 31.4 Å². The molecule has 2 aliphatic heterocycles. The fourth-order valence-electron chi connectivity index (χ4n) is 4.11. The number of carbonyl (C=O) groups is 1. The predicted molar refractivity (Wildman–Crippen MR) is 128 cm³/mol. The fraction of sp³-hybridized carbons (Fsp3) is 0.348. The molecule has 4 N–H and O–H groups in total. The Kier molecular flexibility index (Phi) is 6.44. The summed E-state index contributed by atoms with van der Waals surface area (Å²) in [6.07, 6.45) is 2.86. The Balaban J connectivity index is 0.00000259. The minimum atomic E-state index is -0.552. The summed E-state index contributed by atoms with van der Waals surface area (Å²) in [4.78, 5) is 21.0. The molecular weight excluding hydrogens is 446 g/mol. The van der Waals surface area contributed by atoms with Gasteiger partial charge in [-0.1, -0.05) is 6.92 Å². The number of nitrogens with two attached hydrogens (primary N) is 1. The topological polar surface area (TPSA) is 121 Å². The number of aromatic nitrogens is 2. The van der Waals surface area contributed by atoms with Crippen LogP contribution in [0.5, 0.6) is 11.8 Å². The van der Waals surface area contributed by atoms with Crippen LogP contribution in [0.1, 0.15) is 12.5 Å². The van der Waals surface area contributed by atoms with E-state index in [0.717, 1.165) is 39.7 Å². The Morgan fingerprint density at radius 2 is 2.09 bits per heavy atom. The molecule has 2 aliphatic rings. The van der Waals surface area contributed by atoms with Gasteiger partial charge in [-0.15, -0.1) is 12.4 Å². The van der Waals surface area contributed by atoms with Crippen LogP contribution >= 0.6 is 12.4 Å². The number of nitrogens with zero attached hydrogens (tertiary/aromatic N) is 2. The summed E-state index contributed by atoms with van der Waals surface area (Å²) in [5.74, 6) is 1.05. The predicted octanol–water partition coefficient (Wildman–Crippen LogP) is 3.54. The molecule has 2 aromatic heterocycles. The number of ether oxygens (including phenoxy) is 3. The van der Waals surface area contributed by atoms with Crippen molar-refractivity contribution in [3.8, 4) is 22.9 Å². The maximum Gasteiger partial charge on any atom is 0.414 e. The first-order valence-corrected chi connectivity index (χ1v) is 10.6. The largest absolute Gasteiger partial charge is 0.474 e. The molecule has 174 valence electrons. The Bertz CT molecular complexity index is 1210. The SMILES string of the molecule is Cc1c(-c2cc(N)c3cnc(OC(=O)NC4COCC4C)cc3c2)cnc2c1NCCO2.Cl. The number of benzene rings is 1. The van der Waals surface area contributed by atoms with Gasteiger partial charge in [-0.25, -0.2) is 14.8 Å². The van der Waals surface area contributed by atoms with Crippen molar-refractivity contribution in [2.24, 2.45) is 5.92 Å². The molecule has 3 aromatic rings. The van der Waals surface area contributed by atoms with Crippen LogP contribution in [-0.4, -0.2) is 48.5 Å². The zero-order valence-corrected chi connectivity index (χ0v) is 19.2. The van der Waals surface area contributed by atoms with Gasteiger partial charge in [-0.05, 0) is 35.6 Å². The highest BCUT2D eigenvalue weighted by Gasteiger charge is 2.26. The van der Waals surface area contributed by atoms with Crippen LogP contribution in [0, 0.1) is 12.8 Å². The number of nitrogen functional groups attached to an aromatic ring is 1. The third-order valence-corrected chi connectivity index (χ3v) is 5.97. The Hall–Kier alpha value is -3.30. The Morgan fingerprint density at radius 1 is 1.24 bits per heavy atom. The summed E-state index contributed by atoms with van der Waals surface area (Å²) >= 11 is 0. The molecule has 1 amide bonds. The van der Waals surface area contributed by atoms with E-state index >= 15 is 0 Å². The van der Waals surface area contributed by atoms with Gasteiger partial charge in [0.05, 0.1) is 19.3 Å². The van der Waals surface area contributed by atoms with E-state index in [4.69, 9.17) is 19.9 Å². The first-order chi connectivity index (χ1) is 15.5. The Labute approximate surface area is 197 Å². The second-order valence-electron chi connectivity index (χ2n) is 8.22. The van der Waals surface area contributed by atoms with Gasteiger partial charge in [0, 0.05) is 47.6 Å². The number of hydrogen-bond acceptors (Lipinski definition) is 8. The van der Waals surface area contributed by atoms with Crippen molar-refractivity contribution in [3.63, 3.8) is 0 Å². The van der Waals surface area contributed by atoms with Crippen molar-refractivity contribution in [1.82, 2.24) is 15.3 Å². The monoisotopic (exact) mass is 471 g/mol. The summed E-state index contributed by atoms with van der Waals surface area (Å²) in [5, 5.41) is 7.78. The molecule has 1 saturated heterocycles. The molecule has 4 heterocycles. The lowest BCUT2D eigenvalue weighted by molar-refractivity contribution is 0.176. The molecule has 0 aliphatic carbocycles. The van der Waals surface area contributed by atoms with Crippen molar-refractivity contribution in [2.45, 2.75) is 19.9 Å². The maximum absolute atomic E-state index is 12.3. The van der Waals surface area contributed by atoms with Gasteiger partial charge in [-0.3, -0.25) is 0 Å². The minimum absolute atomic E-state index is 0. The molecule has 5 rings (SSSR count). The van der Waals surface area contributed by atoms with Gasteiger partial charge >= 0.3 is 6.09 Å². The van der Waals surface area contributed by atoms with E-state index in [1.54, 1.807) is 18.5 Å². The number of fused-ring (bicyclic) bond motifs is 2. The van der Waals surface area contributed by atoms with E-state index in [2.05, 4.69) is 20.6 Å². The average molecular weight is 472 g/mol. The van der Waals surface area contributed by atoms with Crippen LogP contribution in [0.2, 0.25) is 0 Å². The summed E-state index contributed by atoms with van der Waals surface area (Å²) in [7, 11) is 0. The summed E-state index contributed by atoms with van der Waals surface area (Å²) in [6, 6.07) is 5.54. The number of pyridine rings is 2. The molecule has 1 aromatic carbocycles. The second kappa shape index (κ2) is 9.29. The van der Waals surface area contributed by atoms with Crippen LogP contribution in [0.4, 0.5) is 16.2 Å². The van der Waals surface area contributed by atoms with E-state index in [9.17, 15) is 4.79 Å². The quantitative estimate of drug-likeness (QED) is 0.496. The van der Waals surface area contributed by atoms with E-state index in [1.165, 1.54) is 0 Å². The minimum Gasteiger partial charge on any atom is -0.474 e. The lowest BCUT2D eigenvalue weighted by Crippen LogP contribution is -2.40. The molecule has 9 nitrogen and oxygen atoms in total. The lowest BCUT2D eigenvalue weighted by atomic mass is 9.98. The summed E-state index contributed by atoms with van der Waals surface area (Å²) in [5.41, 5.74) is 10.7. The maximum atomic E-state index is 12.3. The standard InChI is InChI=1S/C23H25N5O4.ClH/c1-12-10-30-11-19(12)28-23(29)32-20-7-15-5-14(6-18(24)17(15)9-26-20)16-8-27-22-21(13(16)2)25-3-4-31-22;/h5-9,12,19,25H,3-4,10-11,24H2,1-2H3,(H,28,29);1H. The zero-order valence-electron chi connectivity index (χ0n) is 18.4. The molecule has 0 radical (unpaired) electrons. The van der Waals surface area contributed by atoms with Gasteiger partial charge < -0.3 is 30.6 Å². The van der Waals surface area contributed by atoms with Gasteiger partial charge in [0.15, 0.2) is 0 Å². The number of anilines is 2. The van der Waals surface area contributed by atoms with Crippen LogP contribution in [0.15, 0.2) is 30.6 Å². The normalized spacial score (nSPS) is 19.1. The third-order valence-electron chi connectivity index (χ3n) is 5.97. The van der Waals surface area contributed by atoms with Crippen molar-refractivity contribution in [1.29, 1.82) is 0 Å². The highest BCUT2D eigenvalue weighted by Crippen LogP contribution is 2.37. The number of amides is 1. The molecule has 0 saturated carbocycles. The molecule has 2 unspecified atom stereocenters. The van der Waals surface area contributed by atoms with Crippen LogP contribution in [0.3, 0.4) is 0 Å². The van der Waals surface area contributed by atoms with Crippen molar-refractivity contribution in [2.75, 3.05) is 37.4 Å². The van der Waals surface area contributed by atoms with Crippen molar-refractivity contribution in [3.05, 3.63) is 36.2 Å². The Morgan fingerprint density at radius 3 is 2.88 bits per heavy atom. The molecule has 2 atom stereocenters. The number of halogens is 1.